The average molecular weight is 395 g/mol. The molecule has 4 rings (SSSR count). The third kappa shape index (κ3) is 3.74. The van der Waals surface area contributed by atoms with Crippen LogP contribution in [0.3, 0.4) is 0 Å². The third-order valence-corrected chi connectivity index (χ3v) is 5.48. The first kappa shape index (κ1) is 18.5. The Labute approximate surface area is 166 Å². The summed E-state index contributed by atoms with van der Waals surface area (Å²) in [5.41, 5.74) is 0.573. The van der Waals surface area contributed by atoms with Crippen molar-refractivity contribution >= 4 is 22.2 Å². The molecule has 0 fully saturated rings. The van der Waals surface area contributed by atoms with Gasteiger partial charge in [0.25, 0.3) is 11.4 Å². The van der Waals surface area contributed by atoms with Crippen LogP contribution in [0.1, 0.15) is 38.0 Å². The van der Waals surface area contributed by atoms with Crippen LogP contribution < -0.4 is 5.56 Å². The monoisotopic (exact) mass is 395 g/mol. The number of fused-ring (bicyclic) bond motifs is 1. The number of hydrogen-bond acceptors (Lipinski definition) is 7. The molecule has 144 valence electrons. The minimum absolute atomic E-state index is 0.102. The van der Waals surface area contributed by atoms with E-state index in [0.29, 0.717) is 35.1 Å². The Morgan fingerprint density at radius 2 is 2.07 bits per heavy atom. The molecule has 0 saturated heterocycles. The first-order chi connectivity index (χ1) is 13.7. The van der Waals surface area contributed by atoms with Crippen LogP contribution in [-0.2, 0) is 6.54 Å². The molecule has 8 heteroatoms. The maximum atomic E-state index is 12.4. The molecular formula is C20H21N5O2S. The Balaban J connectivity index is 1.60. The molecule has 0 saturated carbocycles. The van der Waals surface area contributed by atoms with Crippen molar-refractivity contribution in [3.05, 3.63) is 63.8 Å². The quantitative estimate of drug-likeness (QED) is 0.509. The lowest BCUT2D eigenvalue weighted by Crippen LogP contribution is -2.30. The molecule has 0 unspecified atom stereocenters. The van der Waals surface area contributed by atoms with Crippen LogP contribution in [0.25, 0.3) is 21.7 Å². The lowest BCUT2D eigenvalue weighted by atomic mass is 10.2. The van der Waals surface area contributed by atoms with Gasteiger partial charge in [0.2, 0.25) is 5.89 Å². The van der Waals surface area contributed by atoms with Gasteiger partial charge in [0.05, 0.1) is 28.4 Å². The smallest absolute Gasteiger partial charge is 0.258 e. The van der Waals surface area contributed by atoms with Gasteiger partial charge in [-0.05, 0) is 43.5 Å². The van der Waals surface area contributed by atoms with Crippen molar-refractivity contribution in [2.45, 2.75) is 32.9 Å². The lowest BCUT2D eigenvalue weighted by molar-refractivity contribution is 0.177. The Kier molecular flexibility index (Phi) is 5.31. The zero-order valence-corrected chi connectivity index (χ0v) is 16.6. The Morgan fingerprint density at radius 1 is 1.21 bits per heavy atom. The summed E-state index contributed by atoms with van der Waals surface area (Å²) < 4.78 is 5.84. The largest absolute Gasteiger partial charge is 0.419 e. The molecule has 7 nitrogen and oxygen atoms in total. The van der Waals surface area contributed by atoms with E-state index in [1.54, 1.807) is 17.4 Å². The van der Waals surface area contributed by atoms with E-state index in [-0.39, 0.29) is 11.6 Å². The summed E-state index contributed by atoms with van der Waals surface area (Å²) in [4.78, 5) is 23.1. The molecule has 3 aromatic heterocycles. The predicted octanol–water partition coefficient (Wildman–Crippen LogP) is 4.01. The fraction of sp³-hybridized carbons (Fsp3) is 0.300. The summed E-state index contributed by atoms with van der Waals surface area (Å²) in [5.74, 6) is 1.72. The highest BCUT2D eigenvalue weighted by atomic mass is 32.1. The molecule has 1 aromatic carbocycles. The number of thiophene rings is 1. The average Bonchev–Trinajstić information content (AvgIpc) is 3.39. The predicted molar refractivity (Wildman–Crippen MR) is 109 cm³/mol. The number of para-hydroxylation sites is 1. The summed E-state index contributed by atoms with van der Waals surface area (Å²) in [6.07, 6.45) is 0.952. The Bertz CT molecular complexity index is 1120. The summed E-state index contributed by atoms with van der Waals surface area (Å²) in [6.45, 7) is 5.44. The van der Waals surface area contributed by atoms with E-state index in [1.165, 1.54) is 0 Å². The highest BCUT2D eigenvalue weighted by molar-refractivity contribution is 7.13. The van der Waals surface area contributed by atoms with Crippen molar-refractivity contribution in [2.75, 3.05) is 6.54 Å². The van der Waals surface area contributed by atoms with E-state index in [4.69, 9.17) is 4.42 Å². The topological polar surface area (TPSA) is 87.9 Å². The second-order valence-corrected chi connectivity index (χ2v) is 7.54. The van der Waals surface area contributed by atoms with Crippen LogP contribution in [0.2, 0.25) is 0 Å². The van der Waals surface area contributed by atoms with E-state index in [0.717, 1.165) is 17.8 Å². The molecule has 0 amide bonds. The minimum Gasteiger partial charge on any atom is -0.419 e. The van der Waals surface area contributed by atoms with Crippen LogP contribution in [-0.4, -0.2) is 31.6 Å². The number of nitrogens with one attached hydrogen (secondary N) is 1. The SMILES string of the molecule is CCCN(Cc1nnc(-c2cccs2)o1)[C@@H](C)c1nc2ccccc2c(=O)[nH]1. The van der Waals surface area contributed by atoms with Crippen molar-refractivity contribution in [3.63, 3.8) is 0 Å². The first-order valence-corrected chi connectivity index (χ1v) is 10.1. The van der Waals surface area contributed by atoms with Crippen molar-refractivity contribution in [1.82, 2.24) is 25.1 Å². The summed E-state index contributed by atoms with van der Waals surface area (Å²) in [6, 6.07) is 11.2. The maximum Gasteiger partial charge on any atom is 0.258 e. The van der Waals surface area contributed by atoms with Crippen molar-refractivity contribution < 1.29 is 4.42 Å². The van der Waals surface area contributed by atoms with Crippen molar-refractivity contribution in [2.24, 2.45) is 0 Å². The van der Waals surface area contributed by atoms with Gasteiger partial charge in [0.15, 0.2) is 0 Å². The van der Waals surface area contributed by atoms with Gasteiger partial charge in [-0.3, -0.25) is 9.69 Å². The second kappa shape index (κ2) is 8.04. The second-order valence-electron chi connectivity index (χ2n) is 6.59. The van der Waals surface area contributed by atoms with Gasteiger partial charge >= 0.3 is 0 Å². The molecule has 4 aromatic rings. The number of H-pyrrole nitrogens is 1. The third-order valence-electron chi connectivity index (χ3n) is 4.62. The van der Waals surface area contributed by atoms with Gasteiger partial charge in [-0.1, -0.05) is 25.1 Å². The van der Waals surface area contributed by atoms with Crippen LogP contribution in [0.5, 0.6) is 0 Å². The number of hydrogen-bond donors (Lipinski definition) is 1. The summed E-state index contributed by atoms with van der Waals surface area (Å²) >= 11 is 1.56. The van der Waals surface area contributed by atoms with Crippen molar-refractivity contribution in [1.29, 1.82) is 0 Å². The van der Waals surface area contributed by atoms with Gasteiger partial charge in [-0.25, -0.2) is 4.98 Å². The van der Waals surface area contributed by atoms with Crippen LogP contribution in [0.15, 0.2) is 51.0 Å². The molecule has 0 spiro atoms. The van der Waals surface area contributed by atoms with E-state index in [2.05, 4.69) is 32.0 Å². The van der Waals surface area contributed by atoms with Gasteiger partial charge in [0, 0.05) is 0 Å². The van der Waals surface area contributed by atoms with E-state index < -0.39 is 0 Å². The zero-order chi connectivity index (χ0) is 19.5. The number of aromatic amines is 1. The van der Waals surface area contributed by atoms with E-state index in [9.17, 15) is 4.79 Å². The van der Waals surface area contributed by atoms with Gasteiger partial charge < -0.3 is 9.40 Å². The van der Waals surface area contributed by atoms with Gasteiger partial charge in [-0.15, -0.1) is 21.5 Å². The molecule has 0 aliphatic rings. The Hall–Kier alpha value is -2.84. The molecular weight excluding hydrogens is 374 g/mol. The van der Waals surface area contributed by atoms with Gasteiger partial charge in [0.1, 0.15) is 5.82 Å². The number of benzene rings is 1. The first-order valence-electron chi connectivity index (χ1n) is 9.25. The van der Waals surface area contributed by atoms with Crippen LogP contribution in [0.4, 0.5) is 0 Å². The lowest BCUT2D eigenvalue weighted by Gasteiger charge is -2.26. The van der Waals surface area contributed by atoms with Crippen LogP contribution >= 0.6 is 11.3 Å². The molecule has 0 radical (unpaired) electrons. The maximum absolute atomic E-state index is 12.4. The van der Waals surface area contributed by atoms with E-state index >= 15 is 0 Å². The Morgan fingerprint density at radius 3 is 2.86 bits per heavy atom. The molecule has 0 aliphatic heterocycles. The zero-order valence-electron chi connectivity index (χ0n) is 15.8. The van der Waals surface area contributed by atoms with Crippen molar-refractivity contribution in [3.8, 4) is 10.8 Å². The molecule has 0 bridgehead atoms. The van der Waals surface area contributed by atoms with Gasteiger partial charge in [-0.2, -0.15) is 0 Å². The fourth-order valence-corrected chi connectivity index (χ4v) is 3.81. The number of rotatable bonds is 7. The molecule has 3 heterocycles. The molecule has 28 heavy (non-hydrogen) atoms. The van der Waals surface area contributed by atoms with Crippen LogP contribution in [0, 0.1) is 0 Å². The molecule has 1 atom stereocenters. The minimum atomic E-state index is -0.123. The van der Waals surface area contributed by atoms with E-state index in [1.807, 2.05) is 42.6 Å². The molecule has 0 aliphatic carbocycles. The highest BCUT2D eigenvalue weighted by Crippen LogP contribution is 2.25. The summed E-state index contributed by atoms with van der Waals surface area (Å²) in [5, 5.41) is 10.9. The normalized spacial score (nSPS) is 12.7. The summed E-state index contributed by atoms with van der Waals surface area (Å²) in [7, 11) is 0. The standard InChI is InChI=1S/C20H21N5O2S/c1-3-10-25(12-17-23-24-20(27-17)16-9-6-11-28-16)13(2)18-21-15-8-5-4-7-14(15)19(26)22-18/h4-9,11,13H,3,10,12H2,1-2H3,(H,21,22,26)/t13-/m0/s1. The number of nitrogens with zero attached hydrogens (tertiary/aromatic N) is 4. The fourth-order valence-electron chi connectivity index (χ4n) is 3.16. The number of aromatic nitrogens is 4. The molecule has 1 N–H and O–H groups in total. The highest BCUT2D eigenvalue weighted by Gasteiger charge is 2.21.